The van der Waals surface area contributed by atoms with E-state index in [-0.39, 0.29) is 29.5 Å². The number of thiol groups is 1. The number of amides is 1. The molecule has 1 saturated carbocycles. The molecule has 0 radical (unpaired) electrons. The summed E-state index contributed by atoms with van der Waals surface area (Å²) in [5.74, 6) is -0.499. The van der Waals surface area contributed by atoms with E-state index >= 15 is 0 Å². The van der Waals surface area contributed by atoms with Crippen molar-refractivity contribution in [1.29, 1.82) is 5.26 Å². The molecule has 3 nitrogen and oxygen atoms in total. The van der Waals surface area contributed by atoms with E-state index in [1.165, 1.54) is 12.1 Å². The number of nitrogens with zero attached hydrogens (tertiary/aromatic N) is 1. The van der Waals surface area contributed by atoms with Crippen molar-refractivity contribution in [2.24, 2.45) is 11.8 Å². The molecule has 1 aromatic rings. The monoisotopic (exact) mass is 356 g/mol. The summed E-state index contributed by atoms with van der Waals surface area (Å²) in [5.41, 5.74) is -0.0185. The third-order valence-corrected chi connectivity index (χ3v) is 5.16. The molecule has 1 fully saturated rings. The van der Waals surface area contributed by atoms with Crippen molar-refractivity contribution >= 4 is 18.5 Å². The van der Waals surface area contributed by atoms with Gasteiger partial charge in [-0.1, -0.05) is 25.0 Å². The Hall–Kier alpha value is -1.68. The van der Waals surface area contributed by atoms with Gasteiger partial charge in [0, 0.05) is 11.2 Å². The zero-order chi connectivity index (χ0) is 17.7. The molecule has 24 heavy (non-hydrogen) atoms. The number of alkyl halides is 3. The SMILES string of the molecule is N#CCNC(=O)[C@H]1CCCC[C@@H]1C(S)c1ccc(C(F)(F)F)cc1. The van der Waals surface area contributed by atoms with Gasteiger partial charge in [-0.2, -0.15) is 31.1 Å². The molecule has 1 aliphatic carbocycles. The smallest absolute Gasteiger partial charge is 0.343 e. The number of halogens is 3. The van der Waals surface area contributed by atoms with Crippen molar-refractivity contribution in [2.45, 2.75) is 37.1 Å². The topological polar surface area (TPSA) is 52.9 Å². The molecule has 0 bridgehead atoms. The third kappa shape index (κ3) is 4.44. The first-order valence-corrected chi connectivity index (χ1v) is 8.36. The van der Waals surface area contributed by atoms with Crippen LogP contribution in [0.3, 0.4) is 0 Å². The van der Waals surface area contributed by atoms with Crippen LogP contribution in [0.2, 0.25) is 0 Å². The van der Waals surface area contributed by atoms with E-state index < -0.39 is 11.7 Å². The molecule has 0 aromatic heterocycles. The molecule has 0 heterocycles. The summed E-state index contributed by atoms with van der Waals surface area (Å²) in [5, 5.41) is 10.9. The molecule has 2 rings (SSSR count). The van der Waals surface area contributed by atoms with E-state index in [1.54, 1.807) is 0 Å². The molecule has 1 unspecified atom stereocenters. The summed E-state index contributed by atoms with van der Waals surface area (Å²) in [6, 6.07) is 6.83. The largest absolute Gasteiger partial charge is 0.416 e. The maximum atomic E-state index is 12.7. The van der Waals surface area contributed by atoms with Gasteiger partial charge in [-0.25, -0.2) is 0 Å². The van der Waals surface area contributed by atoms with Crippen LogP contribution in [-0.2, 0) is 11.0 Å². The van der Waals surface area contributed by atoms with Crippen LogP contribution in [0.15, 0.2) is 24.3 Å². The van der Waals surface area contributed by atoms with Crippen LogP contribution in [0, 0.1) is 23.2 Å². The van der Waals surface area contributed by atoms with Crippen LogP contribution in [0.25, 0.3) is 0 Å². The van der Waals surface area contributed by atoms with Gasteiger partial charge >= 0.3 is 6.18 Å². The molecular formula is C17H19F3N2OS. The Balaban J connectivity index is 2.15. The van der Waals surface area contributed by atoms with Gasteiger partial charge in [-0.15, -0.1) is 0 Å². The van der Waals surface area contributed by atoms with Crippen molar-refractivity contribution in [1.82, 2.24) is 5.32 Å². The highest BCUT2D eigenvalue weighted by Crippen LogP contribution is 2.42. The summed E-state index contributed by atoms with van der Waals surface area (Å²) >= 11 is 4.59. The molecule has 1 amide bonds. The highest BCUT2D eigenvalue weighted by Gasteiger charge is 2.36. The predicted molar refractivity (Wildman–Crippen MR) is 87.2 cm³/mol. The van der Waals surface area contributed by atoms with Gasteiger partial charge in [-0.3, -0.25) is 4.79 Å². The Morgan fingerprint density at radius 1 is 1.29 bits per heavy atom. The maximum Gasteiger partial charge on any atom is 0.416 e. The zero-order valence-electron chi connectivity index (χ0n) is 13.0. The van der Waals surface area contributed by atoms with E-state index in [1.807, 2.05) is 6.07 Å². The molecular weight excluding hydrogens is 337 g/mol. The Bertz CT molecular complexity index is 610. The fourth-order valence-electron chi connectivity index (χ4n) is 3.24. The fourth-order valence-corrected chi connectivity index (χ4v) is 3.77. The summed E-state index contributed by atoms with van der Waals surface area (Å²) in [7, 11) is 0. The number of carbonyl (C=O) groups excluding carboxylic acids is 1. The molecule has 1 aromatic carbocycles. The lowest BCUT2D eigenvalue weighted by atomic mass is 9.75. The van der Waals surface area contributed by atoms with Crippen LogP contribution < -0.4 is 5.32 Å². The average Bonchev–Trinajstić information content (AvgIpc) is 2.58. The number of nitriles is 1. The van der Waals surface area contributed by atoms with Gasteiger partial charge in [0.1, 0.15) is 6.54 Å². The number of hydrogen-bond acceptors (Lipinski definition) is 3. The van der Waals surface area contributed by atoms with Crippen molar-refractivity contribution < 1.29 is 18.0 Å². The number of carbonyl (C=O) groups is 1. The van der Waals surface area contributed by atoms with Crippen LogP contribution in [0.5, 0.6) is 0 Å². The Kier molecular flexibility index (Phi) is 6.16. The van der Waals surface area contributed by atoms with Gasteiger partial charge in [0.05, 0.1) is 11.6 Å². The Morgan fingerprint density at radius 3 is 2.50 bits per heavy atom. The second-order valence-corrected chi connectivity index (χ2v) is 6.55. The van der Waals surface area contributed by atoms with Gasteiger partial charge in [0.2, 0.25) is 5.91 Å². The van der Waals surface area contributed by atoms with Gasteiger partial charge in [0.25, 0.3) is 0 Å². The van der Waals surface area contributed by atoms with Crippen molar-refractivity contribution in [2.75, 3.05) is 6.54 Å². The molecule has 3 atom stereocenters. The molecule has 0 aliphatic heterocycles. The molecule has 0 saturated heterocycles. The van der Waals surface area contributed by atoms with Crippen molar-refractivity contribution in [3.05, 3.63) is 35.4 Å². The number of hydrogen-bond donors (Lipinski definition) is 2. The minimum absolute atomic E-state index is 0.0421. The molecule has 0 spiro atoms. The third-order valence-electron chi connectivity index (χ3n) is 4.48. The summed E-state index contributed by atoms with van der Waals surface area (Å²) in [6.45, 7) is -0.0421. The van der Waals surface area contributed by atoms with E-state index in [4.69, 9.17) is 5.26 Å². The van der Waals surface area contributed by atoms with Crippen LogP contribution >= 0.6 is 12.6 Å². The van der Waals surface area contributed by atoms with Gasteiger partial charge < -0.3 is 5.32 Å². The Labute approximate surface area is 144 Å². The highest BCUT2D eigenvalue weighted by molar-refractivity contribution is 7.80. The second kappa shape index (κ2) is 7.93. The molecule has 7 heteroatoms. The van der Waals surface area contributed by atoms with E-state index in [9.17, 15) is 18.0 Å². The van der Waals surface area contributed by atoms with Crippen LogP contribution in [0.1, 0.15) is 42.1 Å². The van der Waals surface area contributed by atoms with Gasteiger partial charge in [-0.05, 0) is 36.5 Å². The van der Waals surface area contributed by atoms with Crippen LogP contribution in [0.4, 0.5) is 13.2 Å². The van der Waals surface area contributed by atoms with E-state index in [0.717, 1.165) is 31.4 Å². The maximum absolute atomic E-state index is 12.7. The first kappa shape index (κ1) is 18.7. The minimum atomic E-state index is -4.37. The summed E-state index contributed by atoms with van der Waals surface area (Å²) in [4.78, 5) is 12.2. The minimum Gasteiger partial charge on any atom is -0.343 e. The molecule has 1 N–H and O–H groups in total. The fraction of sp³-hybridized carbons (Fsp3) is 0.529. The lowest BCUT2D eigenvalue weighted by Crippen LogP contribution is -2.38. The summed E-state index contributed by atoms with van der Waals surface area (Å²) < 4.78 is 38.0. The highest BCUT2D eigenvalue weighted by atomic mass is 32.1. The zero-order valence-corrected chi connectivity index (χ0v) is 13.9. The molecule has 130 valence electrons. The Morgan fingerprint density at radius 2 is 1.92 bits per heavy atom. The van der Waals surface area contributed by atoms with E-state index in [2.05, 4.69) is 17.9 Å². The lowest BCUT2D eigenvalue weighted by Gasteiger charge is -2.34. The summed E-state index contributed by atoms with van der Waals surface area (Å²) in [6.07, 6.45) is -0.978. The van der Waals surface area contributed by atoms with Crippen LogP contribution in [-0.4, -0.2) is 12.5 Å². The standard InChI is InChI=1S/C17H19F3N2OS/c18-17(19,20)12-7-5-11(6-8-12)15(24)13-3-1-2-4-14(13)16(23)22-10-9-21/h5-8,13-15,24H,1-4,10H2,(H,22,23)/t13-,14-,15?/m0/s1. The van der Waals surface area contributed by atoms with Crippen molar-refractivity contribution in [3.8, 4) is 6.07 Å². The van der Waals surface area contributed by atoms with Gasteiger partial charge in [0.15, 0.2) is 0 Å². The molecule has 1 aliphatic rings. The lowest BCUT2D eigenvalue weighted by molar-refractivity contribution is -0.137. The number of rotatable bonds is 4. The average molecular weight is 356 g/mol. The first-order valence-electron chi connectivity index (χ1n) is 7.84. The predicted octanol–water partition coefficient (Wildman–Crippen LogP) is 4.12. The normalized spacial score (nSPS) is 22.5. The quantitative estimate of drug-likeness (QED) is 0.630. The number of nitrogens with one attached hydrogen (secondary N) is 1. The van der Waals surface area contributed by atoms with E-state index in [0.29, 0.717) is 12.0 Å². The first-order chi connectivity index (χ1) is 11.3. The van der Waals surface area contributed by atoms with Crippen molar-refractivity contribution in [3.63, 3.8) is 0 Å². The second-order valence-electron chi connectivity index (χ2n) is 6.00. The number of benzene rings is 1.